The minimum atomic E-state index is 0.765. The molecule has 1 aliphatic rings. The van der Waals surface area contributed by atoms with E-state index in [9.17, 15) is 0 Å². The Hall–Kier alpha value is -3.12. The van der Waals surface area contributed by atoms with Gasteiger partial charge in [0.15, 0.2) is 5.65 Å². The molecule has 0 N–H and O–H groups in total. The van der Waals surface area contributed by atoms with Crippen molar-refractivity contribution >= 4 is 34.1 Å². The third-order valence-corrected chi connectivity index (χ3v) is 5.37. The summed E-state index contributed by atoms with van der Waals surface area (Å²) in [5.41, 5.74) is 3.03. The summed E-state index contributed by atoms with van der Waals surface area (Å²) in [5.74, 6) is 0.947. The molecule has 140 valence electrons. The Labute approximate surface area is 168 Å². The van der Waals surface area contributed by atoms with E-state index in [1.165, 1.54) is 5.69 Å². The minimum absolute atomic E-state index is 0.765. The molecule has 7 heteroatoms. The quantitative estimate of drug-likeness (QED) is 0.532. The van der Waals surface area contributed by atoms with Gasteiger partial charge in [-0.3, -0.25) is 0 Å². The van der Waals surface area contributed by atoms with Crippen LogP contribution in [0.15, 0.2) is 67.1 Å². The lowest BCUT2D eigenvalue weighted by Crippen LogP contribution is -2.46. The zero-order chi connectivity index (χ0) is 18.9. The van der Waals surface area contributed by atoms with E-state index in [2.05, 4.69) is 37.0 Å². The maximum atomic E-state index is 6.01. The molecule has 5 rings (SSSR count). The predicted molar refractivity (Wildman–Crippen MR) is 113 cm³/mol. The van der Waals surface area contributed by atoms with Crippen molar-refractivity contribution in [2.75, 3.05) is 36.0 Å². The lowest BCUT2D eigenvalue weighted by atomic mass is 10.2. The summed E-state index contributed by atoms with van der Waals surface area (Å²) in [6.45, 7) is 3.65. The molecule has 2 aromatic heterocycles. The van der Waals surface area contributed by atoms with Gasteiger partial charge in [0.25, 0.3) is 0 Å². The highest BCUT2D eigenvalue weighted by molar-refractivity contribution is 6.30. The zero-order valence-corrected chi connectivity index (χ0v) is 16.0. The van der Waals surface area contributed by atoms with E-state index in [1.807, 2.05) is 53.3 Å². The van der Waals surface area contributed by atoms with Crippen LogP contribution in [0.3, 0.4) is 0 Å². The van der Waals surface area contributed by atoms with E-state index in [-0.39, 0.29) is 0 Å². The molecule has 0 amide bonds. The first kappa shape index (κ1) is 17.0. The number of hydrogen-bond donors (Lipinski definition) is 0. The second-order valence-corrected chi connectivity index (χ2v) is 7.21. The van der Waals surface area contributed by atoms with Crippen molar-refractivity contribution in [3.8, 4) is 5.69 Å². The molecule has 1 aliphatic heterocycles. The smallest absolute Gasteiger partial charge is 0.168 e. The average molecular weight is 391 g/mol. The van der Waals surface area contributed by atoms with Crippen LogP contribution in [-0.4, -0.2) is 45.9 Å². The highest BCUT2D eigenvalue weighted by Gasteiger charge is 2.21. The van der Waals surface area contributed by atoms with Crippen molar-refractivity contribution in [3.63, 3.8) is 0 Å². The summed E-state index contributed by atoms with van der Waals surface area (Å²) in [4.78, 5) is 13.7. The molecule has 0 aliphatic carbocycles. The summed E-state index contributed by atoms with van der Waals surface area (Å²) in [6.07, 6.45) is 3.49. The molecule has 1 saturated heterocycles. The first-order chi connectivity index (χ1) is 13.8. The van der Waals surface area contributed by atoms with Crippen LogP contribution in [-0.2, 0) is 0 Å². The molecule has 28 heavy (non-hydrogen) atoms. The molecule has 0 radical (unpaired) electrons. The standard InChI is InChI=1S/C21H19ClN6/c22-16-6-8-17(9-7-16)26-10-12-27(13-11-26)20-19-14-25-28(21(19)24-15-23-20)18-4-2-1-3-5-18/h1-9,14-15H,10-13H2. The number of piperazine rings is 1. The summed E-state index contributed by atoms with van der Waals surface area (Å²) in [5, 5.41) is 6.30. The van der Waals surface area contributed by atoms with E-state index in [1.54, 1.807) is 6.33 Å². The Balaban J connectivity index is 1.40. The normalized spacial score (nSPS) is 14.6. The fourth-order valence-corrected chi connectivity index (χ4v) is 3.80. The third kappa shape index (κ3) is 3.05. The SMILES string of the molecule is Clc1ccc(N2CCN(c3ncnc4c3cnn4-c3ccccc3)CC2)cc1. The molecule has 0 spiro atoms. The first-order valence-electron chi connectivity index (χ1n) is 9.29. The van der Waals surface area contributed by atoms with Gasteiger partial charge in [-0.1, -0.05) is 29.8 Å². The van der Waals surface area contributed by atoms with E-state index in [0.717, 1.165) is 53.7 Å². The van der Waals surface area contributed by atoms with Crippen molar-refractivity contribution in [3.05, 3.63) is 72.1 Å². The van der Waals surface area contributed by atoms with Gasteiger partial charge in [-0.2, -0.15) is 5.10 Å². The zero-order valence-electron chi connectivity index (χ0n) is 15.2. The molecule has 1 fully saturated rings. The number of anilines is 2. The van der Waals surface area contributed by atoms with Gasteiger partial charge in [0.2, 0.25) is 0 Å². The molecular formula is C21H19ClN6. The van der Waals surface area contributed by atoms with Crippen LogP contribution in [0.2, 0.25) is 5.02 Å². The minimum Gasteiger partial charge on any atom is -0.368 e. The Kier molecular flexibility index (Phi) is 4.33. The highest BCUT2D eigenvalue weighted by atomic mass is 35.5. The van der Waals surface area contributed by atoms with Gasteiger partial charge in [-0.05, 0) is 36.4 Å². The van der Waals surface area contributed by atoms with E-state index in [0.29, 0.717) is 0 Å². The number of fused-ring (bicyclic) bond motifs is 1. The highest BCUT2D eigenvalue weighted by Crippen LogP contribution is 2.27. The molecular weight excluding hydrogens is 372 g/mol. The number of rotatable bonds is 3. The predicted octanol–water partition coefficient (Wildman–Crippen LogP) is 3.80. The van der Waals surface area contributed by atoms with E-state index in [4.69, 9.17) is 11.6 Å². The topological polar surface area (TPSA) is 50.1 Å². The monoisotopic (exact) mass is 390 g/mol. The van der Waals surface area contributed by atoms with Crippen LogP contribution in [0.5, 0.6) is 0 Å². The van der Waals surface area contributed by atoms with Crippen molar-refractivity contribution in [2.45, 2.75) is 0 Å². The number of para-hydroxylation sites is 1. The largest absolute Gasteiger partial charge is 0.368 e. The molecule has 0 saturated carbocycles. The van der Waals surface area contributed by atoms with Gasteiger partial charge in [0.05, 0.1) is 17.3 Å². The van der Waals surface area contributed by atoms with Crippen LogP contribution in [0.25, 0.3) is 16.7 Å². The summed E-state index contributed by atoms with van der Waals surface area (Å²) < 4.78 is 1.87. The summed E-state index contributed by atoms with van der Waals surface area (Å²) >= 11 is 6.01. The molecule has 3 heterocycles. The van der Waals surface area contributed by atoms with Crippen LogP contribution < -0.4 is 9.80 Å². The van der Waals surface area contributed by atoms with Crippen molar-refractivity contribution < 1.29 is 0 Å². The Bertz CT molecular complexity index is 1090. The Morgan fingerprint density at radius 3 is 2.21 bits per heavy atom. The van der Waals surface area contributed by atoms with E-state index < -0.39 is 0 Å². The molecule has 0 bridgehead atoms. The fourth-order valence-electron chi connectivity index (χ4n) is 3.67. The Morgan fingerprint density at radius 1 is 0.750 bits per heavy atom. The molecule has 6 nitrogen and oxygen atoms in total. The van der Waals surface area contributed by atoms with Gasteiger partial charge in [-0.25, -0.2) is 14.6 Å². The molecule has 4 aromatic rings. The van der Waals surface area contributed by atoms with Crippen LogP contribution in [0.1, 0.15) is 0 Å². The fraction of sp³-hybridized carbons (Fsp3) is 0.190. The van der Waals surface area contributed by atoms with Crippen molar-refractivity contribution in [1.29, 1.82) is 0 Å². The van der Waals surface area contributed by atoms with E-state index >= 15 is 0 Å². The van der Waals surface area contributed by atoms with Gasteiger partial charge in [-0.15, -0.1) is 0 Å². The van der Waals surface area contributed by atoms with Gasteiger partial charge in [0, 0.05) is 36.9 Å². The maximum Gasteiger partial charge on any atom is 0.168 e. The lowest BCUT2D eigenvalue weighted by Gasteiger charge is -2.36. The second kappa shape index (κ2) is 7.13. The van der Waals surface area contributed by atoms with Crippen molar-refractivity contribution in [2.24, 2.45) is 0 Å². The van der Waals surface area contributed by atoms with Gasteiger partial charge in [0.1, 0.15) is 12.1 Å². The molecule has 0 unspecified atom stereocenters. The number of aromatic nitrogens is 4. The average Bonchev–Trinajstić information content (AvgIpc) is 3.19. The van der Waals surface area contributed by atoms with Crippen LogP contribution >= 0.6 is 11.6 Å². The van der Waals surface area contributed by atoms with Gasteiger partial charge >= 0.3 is 0 Å². The maximum absolute atomic E-state index is 6.01. The Morgan fingerprint density at radius 2 is 1.46 bits per heavy atom. The van der Waals surface area contributed by atoms with Crippen LogP contribution in [0.4, 0.5) is 11.5 Å². The number of benzene rings is 2. The van der Waals surface area contributed by atoms with Gasteiger partial charge < -0.3 is 9.80 Å². The first-order valence-corrected chi connectivity index (χ1v) is 9.67. The summed E-state index contributed by atoms with van der Waals surface area (Å²) in [6, 6.07) is 18.1. The second-order valence-electron chi connectivity index (χ2n) is 6.78. The summed E-state index contributed by atoms with van der Waals surface area (Å²) in [7, 11) is 0. The number of hydrogen-bond acceptors (Lipinski definition) is 5. The number of nitrogens with zero attached hydrogens (tertiary/aromatic N) is 6. The third-order valence-electron chi connectivity index (χ3n) is 5.12. The van der Waals surface area contributed by atoms with Crippen LogP contribution in [0, 0.1) is 0 Å². The number of halogens is 1. The molecule has 2 aromatic carbocycles. The molecule has 0 atom stereocenters. The lowest BCUT2D eigenvalue weighted by molar-refractivity contribution is 0.649. The van der Waals surface area contributed by atoms with Crippen molar-refractivity contribution in [1.82, 2.24) is 19.7 Å².